The Morgan fingerprint density at radius 2 is 2.31 bits per heavy atom. The van der Waals surface area contributed by atoms with Crippen LogP contribution in [-0.4, -0.2) is 18.9 Å². The average Bonchev–Trinajstić information content (AvgIpc) is 2.74. The zero-order valence-electron chi connectivity index (χ0n) is 8.92. The number of likely N-dealkylation sites (N-methyl/N-ethyl adjacent to an activating group) is 1. The minimum Gasteiger partial charge on any atom is -0.461 e. The van der Waals surface area contributed by atoms with Crippen LogP contribution in [0.4, 0.5) is 4.39 Å². The number of benzene rings is 1. The molecule has 1 heterocycles. The van der Waals surface area contributed by atoms with Gasteiger partial charge in [0.25, 0.3) is 0 Å². The number of ketones is 1. The van der Waals surface area contributed by atoms with Crippen LogP contribution in [0, 0.1) is 5.82 Å². The van der Waals surface area contributed by atoms with Crippen molar-refractivity contribution >= 4 is 16.8 Å². The number of carbonyl (C=O) groups excluding carboxylic acids is 1. The van der Waals surface area contributed by atoms with E-state index in [9.17, 15) is 9.18 Å². The van der Waals surface area contributed by atoms with Crippen molar-refractivity contribution in [2.24, 2.45) is 0 Å². The normalized spacial score (nSPS) is 10.9. The molecule has 0 aliphatic heterocycles. The molecule has 0 saturated carbocycles. The molecule has 0 radical (unpaired) electrons. The summed E-state index contributed by atoms with van der Waals surface area (Å²) in [6.45, 7) is 2.84. The van der Waals surface area contributed by atoms with Crippen molar-refractivity contribution in [3.8, 4) is 0 Å². The van der Waals surface area contributed by atoms with Crippen LogP contribution in [0.15, 0.2) is 28.9 Å². The molecule has 3 nitrogen and oxygen atoms in total. The van der Waals surface area contributed by atoms with Crippen LogP contribution in [0.1, 0.15) is 17.3 Å². The molecule has 2 aromatic rings. The van der Waals surface area contributed by atoms with E-state index in [0.717, 1.165) is 0 Å². The lowest BCUT2D eigenvalue weighted by molar-refractivity contribution is 0.0991. The van der Waals surface area contributed by atoms with Gasteiger partial charge in [-0.1, -0.05) is 6.92 Å². The monoisotopic (exact) mass is 221 g/mol. The fraction of sp³-hybridized carbons (Fsp3) is 0.250. The highest BCUT2D eigenvalue weighted by Crippen LogP contribution is 2.21. The average molecular weight is 221 g/mol. The molecule has 1 aromatic heterocycles. The molecule has 4 heteroatoms. The van der Waals surface area contributed by atoms with Gasteiger partial charge in [0.2, 0.25) is 0 Å². The van der Waals surface area contributed by atoms with Gasteiger partial charge in [0.05, 0.1) is 12.8 Å². The topological polar surface area (TPSA) is 42.2 Å². The van der Waals surface area contributed by atoms with Crippen molar-refractivity contribution < 1.29 is 13.6 Å². The summed E-state index contributed by atoms with van der Waals surface area (Å²) in [4.78, 5) is 11.7. The maximum Gasteiger partial charge on any atom is 0.176 e. The Hall–Kier alpha value is -1.68. The second-order valence-corrected chi connectivity index (χ2v) is 3.50. The van der Waals surface area contributed by atoms with Gasteiger partial charge in [-0.05, 0) is 24.7 Å². The Bertz CT molecular complexity index is 519. The van der Waals surface area contributed by atoms with Crippen molar-refractivity contribution in [3.63, 3.8) is 0 Å². The number of hydrogen-bond acceptors (Lipinski definition) is 3. The molecule has 0 aliphatic rings. The number of carbonyl (C=O) groups is 1. The van der Waals surface area contributed by atoms with Gasteiger partial charge in [-0.15, -0.1) is 0 Å². The minimum atomic E-state index is -0.498. The van der Waals surface area contributed by atoms with E-state index >= 15 is 0 Å². The van der Waals surface area contributed by atoms with Gasteiger partial charge in [-0.25, -0.2) is 4.39 Å². The van der Waals surface area contributed by atoms with Gasteiger partial charge in [-0.3, -0.25) is 4.79 Å². The molecule has 1 N–H and O–H groups in total. The first-order valence-corrected chi connectivity index (χ1v) is 5.13. The molecule has 2 rings (SSSR count). The third-order valence-electron chi connectivity index (χ3n) is 2.36. The summed E-state index contributed by atoms with van der Waals surface area (Å²) in [6.07, 6.45) is 1.41. The largest absolute Gasteiger partial charge is 0.461 e. The number of nitrogens with one attached hydrogen (secondary N) is 1. The highest BCUT2D eigenvalue weighted by molar-refractivity contribution is 6.00. The van der Waals surface area contributed by atoms with Crippen molar-refractivity contribution in [3.05, 3.63) is 35.8 Å². The van der Waals surface area contributed by atoms with Crippen LogP contribution in [-0.2, 0) is 0 Å². The number of halogens is 1. The molecule has 0 bridgehead atoms. The van der Waals surface area contributed by atoms with E-state index in [1.807, 2.05) is 6.92 Å². The maximum absolute atomic E-state index is 13.5. The summed E-state index contributed by atoms with van der Waals surface area (Å²) in [6, 6.07) is 4.50. The zero-order valence-corrected chi connectivity index (χ0v) is 8.92. The Kier molecular flexibility index (Phi) is 3.01. The van der Waals surface area contributed by atoms with Crippen LogP contribution < -0.4 is 5.32 Å². The first-order valence-electron chi connectivity index (χ1n) is 5.13. The van der Waals surface area contributed by atoms with Gasteiger partial charge in [0.1, 0.15) is 0 Å². The molecule has 0 aliphatic carbocycles. The summed E-state index contributed by atoms with van der Waals surface area (Å²) in [5.74, 6) is -0.619. The quantitative estimate of drug-likeness (QED) is 0.806. The lowest BCUT2D eigenvalue weighted by Gasteiger charge is -2.02. The molecule has 1 aromatic carbocycles. The van der Waals surface area contributed by atoms with Crippen LogP contribution in [0.2, 0.25) is 0 Å². The van der Waals surface area contributed by atoms with Crippen molar-refractivity contribution in [1.29, 1.82) is 0 Å². The lowest BCUT2D eigenvalue weighted by atomic mass is 10.1. The van der Waals surface area contributed by atoms with Crippen LogP contribution in [0.25, 0.3) is 11.0 Å². The summed E-state index contributed by atoms with van der Waals surface area (Å²) < 4.78 is 18.5. The molecule has 0 spiro atoms. The number of rotatable bonds is 4. The third-order valence-corrected chi connectivity index (χ3v) is 2.36. The van der Waals surface area contributed by atoms with Gasteiger partial charge in [-0.2, -0.15) is 0 Å². The smallest absolute Gasteiger partial charge is 0.176 e. The molecule has 0 unspecified atom stereocenters. The first-order chi connectivity index (χ1) is 7.72. The Labute approximate surface area is 92.2 Å². The van der Waals surface area contributed by atoms with Crippen LogP contribution in [0.3, 0.4) is 0 Å². The second kappa shape index (κ2) is 4.45. The molecule has 84 valence electrons. The third kappa shape index (κ3) is 1.97. The van der Waals surface area contributed by atoms with E-state index in [-0.39, 0.29) is 17.9 Å². The van der Waals surface area contributed by atoms with Gasteiger partial charge in [0.15, 0.2) is 17.2 Å². The molecular weight excluding hydrogens is 209 g/mol. The standard InChI is InChI=1S/C12H12FNO2/c1-2-14-7-11(15)9-5-8-3-4-16-12(8)10(13)6-9/h3-6,14H,2,7H2,1H3. The first kappa shape index (κ1) is 10.8. The fourth-order valence-corrected chi connectivity index (χ4v) is 1.54. The fourth-order valence-electron chi connectivity index (χ4n) is 1.54. The molecule has 0 fully saturated rings. The van der Waals surface area contributed by atoms with E-state index in [4.69, 9.17) is 4.42 Å². The summed E-state index contributed by atoms with van der Waals surface area (Å²) in [7, 11) is 0. The van der Waals surface area contributed by atoms with Gasteiger partial charge < -0.3 is 9.73 Å². The number of fused-ring (bicyclic) bond motifs is 1. The Morgan fingerprint density at radius 3 is 3.06 bits per heavy atom. The highest BCUT2D eigenvalue weighted by atomic mass is 19.1. The summed E-state index contributed by atoms with van der Waals surface area (Å²) in [5, 5.41) is 3.52. The van der Waals surface area contributed by atoms with Gasteiger partial charge >= 0.3 is 0 Å². The Balaban J connectivity index is 2.34. The number of furan rings is 1. The zero-order chi connectivity index (χ0) is 11.5. The predicted octanol–water partition coefficient (Wildman–Crippen LogP) is 2.36. The van der Waals surface area contributed by atoms with E-state index < -0.39 is 5.82 Å². The lowest BCUT2D eigenvalue weighted by Crippen LogP contribution is -2.22. The van der Waals surface area contributed by atoms with E-state index in [1.54, 1.807) is 12.1 Å². The van der Waals surface area contributed by atoms with Gasteiger partial charge in [0, 0.05) is 10.9 Å². The molecular formula is C12H12FNO2. The molecule has 0 saturated heterocycles. The number of hydrogen-bond donors (Lipinski definition) is 1. The number of Topliss-reactive ketones (excluding diaryl/α,β-unsaturated/α-hetero) is 1. The van der Waals surface area contributed by atoms with Crippen LogP contribution >= 0.6 is 0 Å². The maximum atomic E-state index is 13.5. The SMILES string of the molecule is CCNCC(=O)c1cc(F)c2occc2c1. The minimum absolute atomic E-state index is 0.121. The summed E-state index contributed by atoms with van der Waals surface area (Å²) in [5.41, 5.74) is 0.562. The van der Waals surface area contributed by atoms with E-state index in [0.29, 0.717) is 17.5 Å². The Morgan fingerprint density at radius 1 is 1.50 bits per heavy atom. The van der Waals surface area contributed by atoms with Crippen molar-refractivity contribution in [2.45, 2.75) is 6.92 Å². The summed E-state index contributed by atoms with van der Waals surface area (Å²) >= 11 is 0. The molecule has 0 atom stereocenters. The molecule has 16 heavy (non-hydrogen) atoms. The van der Waals surface area contributed by atoms with E-state index in [2.05, 4.69) is 5.32 Å². The van der Waals surface area contributed by atoms with Crippen LogP contribution in [0.5, 0.6) is 0 Å². The van der Waals surface area contributed by atoms with Crippen molar-refractivity contribution in [2.75, 3.05) is 13.1 Å². The second-order valence-electron chi connectivity index (χ2n) is 3.50. The highest BCUT2D eigenvalue weighted by Gasteiger charge is 2.11. The van der Waals surface area contributed by atoms with Crippen molar-refractivity contribution in [1.82, 2.24) is 5.32 Å². The molecule has 0 amide bonds. The predicted molar refractivity (Wildman–Crippen MR) is 59.0 cm³/mol. The van der Waals surface area contributed by atoms with E-state index in [1.165, 1.54) is 12.3 Å².